The lowest BCUT2D eigenvalue weighted by molar-refractivity contribution is -0.870. The Morgan fingerprint density at radius 1 is 0.443 bits per heavy atom. The molecule has 0 bridgehead atoms. The van der Waals surface area contributed by atoms with Gasteiger partial charge in [0.1, 0.15) is 19.3 Å². The van der Waals surface area contributed by atoms with Gasteiger partial charge in [-0.3, -0.25) is 14.2 Å². The number of unbranched alkanes of at least 4 members (excludes halogenated alkanes) is 34. The molecule has 0 aliphatic carbocycles. The Balaban J connectivity index is 5.16. The van der Waals surface area contributed by atoms with Crippen molar-refractivity contribution in [1.29, 1.82) is 0 Å². The zero-order chi connectivity index (χ0) is 57.9. The standard InChI is InChI=1S/C69H127N2O7P/c1-7-10-13-16-19-22-25-27-29-31-33-34-35-36-38-39-41-43-46-49-52-55-58-61-68(72)70-66(65-77-79(74,75)76-64-63-71(4,5)6)67(60-57-54-51-48-45-24-21-18-15-12-9-3)78-69(73)62-59-56-53-50-47-44-42-40-37-32-30-28-26-23-20-17-14-11-8-2/h20,23,27-30,37,40,44,47,57,60,66-67H,7-19,21-22,24-26,31-36,38-39,41-43,45-46,48-56,58-59,61-65H2,1-6H3,(H-,70,72,74,75)/b23-20-,29-27+,30-28-,40-37-,47-44-,60-57-. The number of nitrogens with zero attached hydrogens (tertiary/aromatic N) is 1. The van der Waals surface area contributed by atoms with Crippen molar-refractivity contribution >= 4 is 19.7 Å². The molecule has 0 fully saturated rings. The third kappa shape index (κ3) is 59.9. The summed E-state index contributed by atoms with van der Waals surface area (Å²) in [5, 5.41) is 3.03. The Morgan fingerprint density at radius 2 is 0.772 bits per heavy atom. The number of likely N-dealkylation sites (N-methyl/N-ethyl adjacent to an activating group) is 1. The first kappa shape index (κ1) is 76.5. The van der Waals surface area contributed by atoms with Crippen LogP contribution in [0.3, 0.4) is 0 Å². The zero-order valence-corrected chi connectivity index (χ0v) is 53.5. The molecule has 0 heterocycles. The number of carbonyl (C=O) groups excluding carboxylic acids is 2. The summed E-state index contributed by atoms with van der Waals surface area (Å²) in [6, 6.07) is -0.903. The van der Waals surface area contributed by atoms with Crippen molar-refractivity contribution in [2.75, 3.05) is 40.9 Å². The van der Waals surface area contributed by atoms with Gasteiger partial charge in [0.15, 0.2) is 0 Å². The van der Waals surface area contributed by atoms with Crippen molar-refractivity contribution in [2.45, 2.75) is 315 Å². The molecule has 0 aromatic rings. The first-order chi connectivity index (χ1) is 38.4. The van der Waals surface area contributed by atoms with Crippen LogP contribution in [0.2, 0.25) is 0 Å². The molecule has 0 aromatic carbocycles. The van der Waals surface area contributed by atoms with Gasteiger partial charge in [-0.05, 0) is 102 Å². The van der Waals surface area contributed by atoms with Crippen LogP contribution < -0.4 is 10.2 Å². The lowest BCUT2D eigenvalue weighted by atomic mass is 10.0. The third-order valence-electron chi connectivity index (χ3n) is 14.6. The second-order valence-corrected chi connectivity index (χ2v) is 25.0. The van der Waals surface area contributed by atoms with Gasteiger partial charge >= 0.3 is 5.97 Å². The lowest BCUT2D eigenvalue weighted by Crippen LogP contribution is -2.47. The number of rotatable bonds is 60. The van der Waals surface area contributed by atoms with Crippen LogP contribution in [0.4, 0.5) is 0 Å². The van der Waals surface area contributed by atoms with E-state index in [0.717, 1.165) is 77.0 Å². The van der Waals surface area contributed by atoms with Crippen molar-refractivity contribution in [3.63, 3.8) is 0 Å². The molecule has 0 aliphatic rings. The normalized spacial score (nSPS) is 14.1. The summed E-state index contributed by atoms with van der Waals surface area (Å²) < 4.78 is 30.3. The lowest BCUT2D eigenvalue weighted by Gasteiger charge is -2.30. The van der Waals surface area contributed by atoms with E-state index in [0.29, 0.717) is 23.9 Å². The molecule has 3 unspecified atom stereocenters. The summed E-state index contributed by atoms with van der Waals surface area (Å²) in [5.41, 5.74) is 0. The summed E-state index contributed by atoms with van der Waals surface area (Å²) in [5.74, 6) is -0.572. The highest BCUT2D eigenvalue weighted by atomic mass is 31.2. The van der Waals surface area contributed by atoms with E-state index in [4.69, 9.17) is 13.8 Å². The van der Waals surface area contributed by atoms with E-state index in [9.17, 15) is 19.0 Å². The quantitative estimate of drug-likeness (QED) is 0.0212. The first-order valence-electron chi connectivity index (χ1n) is 33.2. The third-order valence-corrected chi connectivity index (χ3v) is 15.6. The van der Waals surface area contributed by atoms with Crippen molar-refractivity contribution in [1.82, 2.24) is 5.32 Å². The van der Waals surface area contributed by atoms with E-state index in [-0.39, 0.29) is 24.9 Å². The Morgan fingerprint density at radius 3 is 1.20 bits per heavy atom. The minimum absolute atomic E-state index is 0.0291. The van der Waals surface area contributed by atoms with Gasteiger partial charge in [0.05, 0.1) is 33.8 Å². The minimum Gasteiger partial charge on any atom is -0.756 e. The molecule has 460 valence electrons. The van der Waals surface area contributed by atoms with E-state index in [2.05, 4.69) is 86.8 Å². The highest BCUT2D eigenvalue weighted by molar-refractivity contribution is 7.45. The van der Waals surface area contributed by atoms with Crippen LogP contribution in [0.15, 0.2) is 72.9 Å². The Kier molecular flexibility index (Phi) is 56.7. The van der Waals surface area contributed by atoms with Crippen LogP contribution in [-0.4, -0.2) is 69.4 Å². The highest BCUT2D eigenvalue weighted by Gasteiger charge is 2.27. The van der Waals surface area contributed by atoms with Gasteiger partial charge in [-0.1, -0.05) is 261 Å². The summed E-state index contributed by atoms with van der Waals surface area (Å²) >= 11 is 0. The maximum absolute atomic E-state index is 13.6. The molecular weight excluding hydrogens is 1000 g/mol. The molecule has 0 aromatic heterocycles. The zero-order valence-electron chi connectivity index (χ0n) is 52.6. The monoisotopic (exact) mass is 1130 g/mol. The summed E-state index contributed by atoms with van der Waals surface area (Å²) in [4.78, 5) is 40.0. The van der Waals surface area contributed by atoms with Crippen molar-refractivity contribution < 1.29 is 37.3 Å². The molecule has 79 heavy (non-hydrogen) atoms. The van der Waals surface area contributed by atoms with Crippen molar-refractivity contribution in [3.05, 3.63) is 72.9 Å². The topological polar surface area (TPSA) is 114 Å². The van der Waals surface area contributed by atoms with Gasteiger partial charge in [0, 0.05) is 12.8 Å². The molecule has 0 rings (SSSR count). The maximum Gasteiger partial charge on any atom is 0.306 e. The Hall–Kier alpha value is -2.55. The number of phosphoric acid groups is 1. The van der Waals surface area contributed by atoms with E-state index >= 15 is 0 Å². The van der Waals surface area contributed by atoms with E-state index in [1.807, 2.05) is 33.3 Å². The van der Waals surface area contributed by atoms with Crippen LogP contribution in [0.1, 0.15) is 303 Å². The summed E-state index contributed by atoms with van der Waals surface area (Å²) in [6.45, 7) is 6.80. The molecule has 0 saturated carbocycles. The van der Waals surface area contributed by atoms with Gasteiger partial charge in [-0.15, -0.1) is 0 Å². The number of allylic oxidation sites excluding steroid dienone is 11. The summed E-state index contributed by atoms with van der Waals surface area (Å²) in [6.07, 6.45) is 75.9. The number of carbonyl (C=O) groups is 2. The molecular formula is C69H127N2O7P. The average molecular weight is 1130 g/mol. The van der Waals surface area contributed by atoms with Gasteiger partial charge in [0.25, 0.3) is 7.82 Å². The fraction of sp³-hybridized carbons (Fsp3) is 0.797. The second kappa shape index (κ2) is 58.6. The summed E-state index contributed by atoms with van der Waals surface area (Å²) in [7, 11) is 1.17. The first-order valence-corrected chi connectivity index (χ1v) is 34.7. The van der Waals surface area contributed by atoms with Crippen LogP contribution in [0.25, 0.3) is 0 Å². The Bertz CT molecular complexity index is 1580. The molecule has 1 amide bonds. The second-order valence-electron chi connectivity index (χ2n) is 23.6. The molecule has 3 atom stereocenters. The van der Waals surface area contributed by atoms with Crippen LogP contribution >= 0.6 is 7.82 Å². The number of phosphoric ester groups is 1. The fourth-order valence-electron chi connectivity index (χ4n) is 9.44. The van der Waals surface area contributed by atoms with Gasteiger partial charge in [-0.2, -0.15) is 0 Å². The number of esters is 1. The van der Waals surface area contributed by atoms with E-state index in [1.165, 1.54) is 186 Å². The molecule has 0 spiro atoms. The average Bonchev–Trinajstić information content (AvgIpc) is 3.41. The SMILES string of the molecule is CCCCC/C=C\C/C=C\C/C=C\C/C=C\CCCCCC(=O)OC(/C=C\CCCCCCCCCCC)C(COP(=O)([O-])OCC[N+](C)(C)C)NC(=O)CCCCCCCCCCCCCCC/C=C/CCCCCCCC. The van der Waals surface area contributed by atoms with Gasteiger partial charge in [0.2, 0.25) is 5.91 Å². The van der Waals surface area contributed by atoms with Crippen molar-refractivity contribution in [3.8, 4) is 0 Å². The van der Waals surface area contributed by atoms with Gasteiger partial charge < -0.3 is 28.5 Å². The number of amides is 1. The number of hydrogen-bond acceptors (Lipinski definition) is 7. The maximum atomic E-state index is 13.6. The van der Waals surface area contributed by atoms with Crippen LogP contribution in [0.5, 0.6) is 0 Å². The number of quaternary nitrogens is 1. The molecule has 0 radical (unpaired) electrons. The predicted molar refractivity (Wildman–Crippen MR) is 339 cm³/mol. The van der Waals surface area contributed by atoms with E-state index < -0.39 is 26.6 Å². The van der Waals surface area contributed by atoms with Crippen LogP contribution in [-0.2, 0) is 27.9 Å². The smallest absolute Gasteiger partial charge is 0.306 e. The minimum atomic E-state index is -4.71. The molecule has 0 saturated heterocycles. The fourth-order valence-corrected chi connectivity index (χ4v) is 10.2. The molecule has 9 nitrogen and oxygen atoms in total. The number of ether oxygens (including phenoxy) is 1. The number of hydrogen-bond donors (Lipinski definition) is 1. The highest BCUT2D eigenvalue weighted by Crippen LogP contribution is 2.38. The Labute approximate surface area is 489 Å². The number of nitrogens with one attached hydrogen (secondary N) is 1. The molecule has 1 N–H and O–H groups in total. The van der Waals surface area contributed by atoms with Gasteiger partial charge in [-0.25, -0.2) is 0 Å². The predicted octanol–water partition coefficient (Wildman–Crippen LogP) is 20.2. The van der Waals surface area contributed by atoms with E-state index in [1.54, 1.807) is 0 Å². The largest absolute Gasteiger partial charge is 0.756 e. The van der Waals surface area contributed by atoms with Crippen LogP contribution in [0, 0.1) is 0 Å². The molecule has 10 heteroatoms. The molecule has 0 aliphatic heterocycles. The van der Waals surface area contributed by atoms with Crippen molar-refractivity contribution in [2.24, 2.45) is 0 Å².